The van der Waals surface area contributed by atoms with Crippen molar-refractivity contribution in [1.82, 2.24) is 15.0 Å². The Balaban J connectivity index is 2.41. The fraction of sp³-hybridized carbons (Fsp3) is 0.200. The van der Waals surface area contributed by atoms with Gasteiger partial charge in [-0.2, -0.15) is 0 Å². The second kappa shape index (κ2) is 4.89. The summed E-state index contributed by atoms with van der Waals surface area (Å²) in [7, 11) is 0. The second-order valence-corrected chi connectivity index (χ2v) is 4.20. The van der Waals surface area contributed by atoms with Crippen molar-refractivity contribution in [2.24, 2.45) is 0 Å². The molecule has 0 aliphatic carbocycles. The Kier molecular flexibility index (Phi) is 3.49. The van der Waals surface area contributed by atoms with Crippen molar-refractivity contribution in [3.05, 3.63) is 40.1 Å². The van der Waals surface area contributed by atoms with Crippen molar-refractivity contribution in [3.63, 3.8) is 0 Å². The summed E-state index contributed by atoms with van der Waals surface area (Å²) in [4.78, 5) is 0. The SMILES string of the molecule is OCCc1cn(-c2cc(F)c(Br)cc2F)nn1. The maximum atomic E-state index is 13.6. The highest BCUT2D eigenvalue weighted by Gasteiger charge is 2.11. The quantitative estimate of drug-likeness (QED) is 0.880. The Hall–Kier alpha value is -1.34. The van der Waals surface area contributed by atoms with Crippen molar-refractivity contribution in [2.75, 3.05) is 6.61 Å². The number of aromatic nitrogens is 3. The molecule has 0 aliphatic heterocycles. The molecule has 2 aromatic rings. The number of aliphatic hydroxyl groups excluding tert-OH is 1. The first kappa shape index (κ1) is 12.1. The summed E-state index contributed by atoms with van der Waals surface area (Å²) in [6, 6.07) is 2.05. The summed E-state index contributed by atoms with van der Waals surface area (Å²) >= 11 is 2.89. The van der Waals surface area contributed by atoms with E-state index in [9.17, 15) is 8.78 Å². The number of aliphatic hydroxyl groups is 1. The van der Waals surface area contributed by atoms with Gasteiger partial charge < -0.3 is 5.11 Å². The van der Waals surface area contributed by atoms with Gasteiger partial charge in [0.05, 0.1) is 16.4 Å². The molecule has 2 rings (SSSR count). The van der Waals surface area contributed by atoms with Crippen LogP contribution in [0.25, 0.3) is 5.69 Å². The zero-order valence-electron chi connectivity index (χ0n) is 8.57. The first-order chi connectivity index (χ1) is 8.11. The van der Waals surface area contributed by atoms with Gasteiger partial charge in [-0.05, 0) is 22.0 Å². The van der Waals surface area contributed by atoms with Crippen molar-refractivity contribution in [1.29, 1.82) is 0 Å². The van der Waals surface area contributed by atoms with Gasteiger partial charge in [-0.1, -0.05) is 5.21 Å². The molecule has 0 saturated heterocycles. The van der Waals surface area contributed by atoms with E-state index in [0.29, 0.717) is 12.1 Å². The van der Waals surface area contributed by atoms with Crippen molar-refractivity contribution >= 4 is 15.9 Å². The molecule has 1 N–H and O–H groups in total. The minimum Gasteiger partial charge on any atom is -0.396 e. The summed E-state index contributed by atoms with van der Waals surface area (Å²) in [6.07, 6.45) is 1.77. The van der Waals surface area contributed by atoms with Gasteiger partial charge in [-0.25, -0.2) is 13.5 Å². The molecule has 0 bridgehead atoms. The van der Waals surface area contributed by atoms with Crippen LogP contribution in [0.3, 0.4) is 0 Å². The molecule has 0 spiro atoms. The van der Waals surface area contributed by atoms with Crippen LogP contribution in [0.2, 0.25) is 0 Å². The highest BCUT2D eigenvalue weighted by atomic mass is 79.9. The molecule has 0 atom stereocenters. The van der Waals surface area contributed by atoms with Crippen molar-refractivity contribution in [3.8, 4) is 5.69 Å². The van der Waals surface area contributed by atoms with E-state index in [0.717, 1.165) is 16.8 Å². The van der Waals surface area contributed by atoms with E-state index in [2.05, 4.69) is 26.2 Å². The lowest BCUT2D eigenvalue weighted by atomic mass is 10.3. The lowest BCUT2D eigenvalue weighted by molar-refractivity contribution is 0.298. The third-order valence-electron chi connectivity index (χ3n) is 2.15. The van der Waals surface area contributed by atoms with Crippen LogP contribution in [0.1, 0.15) is 5.69 Å². The molecule has 0 amide bonds. The molecule has 0 radical (unpaired) electrons. The van der Waals surface area contributed by atoms with E-state index in [1.807, 2.05) is 0 Å². The molecule has 1 aromatic heterocycles. The Morgan fingerprint density at radius 3 is 2.76 bits per heavy atom. The van der Waals surface area contributed by atoms with Crippen LogP contribution in [0.5, 0.6) is 0 Å². The van der Waals surface area contributed by atoms with Crippen LogP contribution in [0.4, 0.5) is 8.78 Å². The molecule has 0 fully saturated rings. The van der Waals surface area contributed by atoms with Gasteiger partial charge in [-0.3, -0.25) is 0 Å². The predicted molar refractivity (Wildman–Crippen MR) is 59.8 cm³/mol. The second-order valence-electron chi connectivity index (χ2n) is 3.35. The van der Waals surface area contributed by atoms with Crippen LogP contribution < -0.4 is 0 Å². The monoisotopic (exact) mass is 303 g/mol. The Morgan fingerprint density at radius 1 is 1.29 bits per heavy atom. The molecule has 17 heavy (non-hydrogen) atoms. The Morgan fingerprint density at radius 2 is 2.06 bits per heavy atom. The standard InChI is InChI=1S/C10H8BrF2N3O/c11-7-3-9(13)10(4-8(7)12)16-5-6(1-2-17)14-15-16/h3-5,17H,1-2H2. The maximum absolute atomic E-state index is 13.6. The topological polar surface area (TPSA) is 50.9 Å². The molecule has 0 unspecified atom stereocenters. The summed E-state index contributed by atoms with van der Waals surface area (Å²) < 4.78 is 28.0. The van der Waals surface area contributed by atoms with Crippen LogP contribution in [0, 0.1) is 11.6 Å². The fourth-order valence-electron chi connectivity index (χ4n) is 1.33. The zero-order valence-corrected chi connectivity index (χ0v) is 10.2. The summed E-state index contributed by atoms with van der Waals surface area (Å²) in [6.45, 7) is -0.0735. The summed E-state index contributed by atoms with van der Waals surface area (Å²) in [5.41, 5.74) is 0.484. The molecule has 0 aliphatic rings. The lowest BCUT2D eigenvalue weighted by Crippen LogP contribution is -2.00. The van der Waals surface area contributed by atoms with Crippen LogP contribution in [-0.2, 0) is 6.42 Å². The largest absolute Gasteiger partial charge is 0.396 e. The molecule has 0 saturated carbocycles. The molecular formula is C10H8BrF2N3O. The van der Waals surface area contributed by atoms with E-state index in [1.165, 1.54) is 6.20 Å². The van der Waals surface area contributed by atoms with Gasteiger partial charge in [0, 0.05) is 19.1 Å². The molecule has 90 valence electrons. The number of nitrogens with zero attached hydrogens (tertiary/aromatic N) is 3. The van der Waals surface area contributed by atoms with E-state index >= 15 is 0 Å². The third kappa shape index (κ3) is 2.50. The first-order valence-electron chi connectivity index (χ1n) is 4.79. The molecular weight excluding hydrogens is 296 g/mol. The lowest BCUT2D eigenvalue weighted by Gasteiger charge is -2.03. The summed E-state index contributed by atoms with van der Waals surface area (Å²) in [5.74, 6) is -1.20. The number of hydrogen-bond acceptors (Lipinski definition) is 3. The summed E-state index contributed by atoms with van der Waals surface area (Å²) in [5, 5.41) is 16.1. The molecule has 7 heteroatoms. The number of halogens is 3. The predicted octanol–water partition coefficient (Wildman–Crippen LogP) is 1.84. The van der Waals surface area contributed by atoms with E-state index in [-0.39, 0.29) is 16.8 Å². The van der Waals surface area contributed by atoms with E-state index < -0.39 is 11.6 Å². The van der Waals surface area contributed by atoms with Gasteiger partial charge in [-0.15, -0.1) is 5.10 Å². The van der Waals surface area contributed by atoms with Crippen LogP contribution in [-0.4, -0.2) is 26.7 Å². The number of benzene rings is 1. The van der Waals surface area contributed by atoms with Gasteiger partial charge in [0.2, 0.25) is 0 Å². The normalized spacial score (nSPS) is 10.8. The van der Waals surface area contributed by atoms with Crippen molar-refractivity contribution in [2.45, 2.75) is 6.42 Å². The number of hydrogen-bond donors (Lipinski definition) is 1. The van der Waals surface area contributed by atoms with Crippen molar-refractivity contribution < 1.29 is 13.9 Å². The zero-order chi connectivity index (χ0) is 12.4. The van der Waals surface area contributed by atoms with Gasteiger partial charge in [0.1, 0.15) is 17.3 Å². The first-order valence-corrected chi connectivity index (χ1v) is 5.58. The third-order valence-corrected chi connectivity index (χ3v) is 2.75. The smallest absolute Gasteiger partial charge is 0.150 e. The van der Waals surface area contributed by atoms with E-state index in [1.54, 1.807) is 0 Å². The minimum atomic E-state index is -0.612. The average Bonchev–Trinajstić information content (AvgIpc) is 2.72. The fourth-order valence-corrected chi connectivity index (χ4v) is 1.65. The van der Waals surface area contributed by atoms with Crippen LogP contribution >= 0.6 is 15.9 Å². The maximum Gasteiger partial charge on any atom is 0.150 e. The minimum absolute atomic E-state index is 0.0256. The van der Waals surface area contributed by atoms with Gasteiger partial charge in [0.15, 0.2) is 0 Å². The van der Waals surface area contributed by atoms with Gasteiger partial charge in [0.25, 0.3) is 0 Å². The molecule has 1 heterocycles. The highest BCUT2D eigenvalue weighted by Crippen LogP contribution is 2.22. The Bertz CT molecular complexity index is 544. The van der Waals surface area contributed by atoms with Crippen LogP contribution in [0.15, 0.2) is 22.8 Å². The van der Waals surface area contributed by atoms with E-state index in [4.69, 9.17) is 5.11 Å². The van der Waals surface area contributed by atoms with Gasteiger partial charge >= 0.3 is 0 Å². The molecule has 1 aromatic carbocycles. The number of rotatable bonds is 3. The Labute approximate surface area is 104 Å². The highest BCUT2D eigenvalue weighted by molar-refractivity contribution is 9.10. The average molecular weight is 304 g/mol. The molecule has 4 nitrogen and oxygen atoms in total.